The first-order valence-corrected chi connectivity index (χ1v) is 11.5. The van der Waals surface area contributed by atoms with Crippen molar-refractivity contribution in [3.8, 4) is 0 Å². The largest absolute Gasteiger partial charge is 0.444 e. The Labute approximate surface area is 209 Å². The number of carbonyl (C=O) groups is 2. The second kappa shape index (κ2) is 11.7. The Balaban J connectivity index is 0.00000363. The third-order valence-corrected chi connectivity index (χ3v) is 6.07. The summed E-state index contributed by atoms with van der Waals surface area (Å²) in [7, 11) is 3.46. The van der Waals surface area contributed by atoms with E-state index in [0.29, 0.717) is 12.5 Å². The van der Waals surface area contributed by atoms with Gasteiger partial charge in [-0.25, -0.2) is 9.79 Å². The zero-order chi connectivity index (χ0) is 22.6. The van der Waals surface area contributed by atoms with Crippen LogP contribution >= 0.6 is 24.0 Å². The van der Waals surface area contributed by atoms with Gasteiger partial charge in [0.25, 0.3) is 0 Å². The summed E-state index contributed by atoms with van der Waals surface area (Å²) < 4.78 is 11.3. The topological polar surface area (TPSA) is 95.5 Å². The highest BCUT2D eigenvalue weighted by atomic mass is 127. The Bertz CT molecular complexity index is 662. The maximum absolute atomic E-state index is 12.7. The molecular formula is C22H40IN5O4. The number of fused-ring (bicyclic) bond motifs is 2. The molecule has 32 heavy (non-hydrogen) atoms. The molecule has 0 aromatic carbocycles. The van der Waals surface area contributed by atoms with Crippen LogP contribution in [0.3, 0.4) is 0 Å². The fourth-order valence-corrected chi connectivity index (χ4v) is 4.56. The second-order valence-corrected chi connectivity index (χ2v) is 10.1. The van der Waals surface area contributed by atoms with E-state index in [4.69, 9.17) is 9.47 Å². The minimum Gasteiger partial charge on any atom is -0.444 e. The molecule has 0 spiro atoms. The zero-order valence-corrected chi connectivity index (χ0v) is 22.4. The molecule has 3 aliphatic heterocycles. The summed E-state index contributed by atoms with van der Waals surface area (Å²) in [6.45, 7) is 7.27. The number of carbonyl (C=O) groups excluding carboxylic acids is 2. The van der Waals surface area contributed by atoms with Crippen LogP contribution in [0, 0.1) is 0 Å². The minimum absolute atomic E-state index is 0. The first kappa shape index (κ1) is 26.9. The monoisotopic (exact) mass is 565 g/mol. The van der Waals surface area contributed by atoms with Gasteiger partial charge < -0.3 is 29.9 Å². The van der Waals surface area contributed by atoms with Crippen LogP contribution in [0.4, 0.5) is 4.79 Å². The zero-order valence-electron chi connectivity index (χ0n) is 20.1. The molecule has 10 heteroatoms. The number of piperidine rings is 1. The van der Waals surface area contributed by atoms with Crippen molar-refractivity contribution in [1.82, 2.24) is 20.4 Å². The molecule has 3 saturated heterocycles. The van der Waals surface area contributed by atoms with Crippen molar-refractivity contribution >= 4 is 41.9 Å². The number of likely N-dealkylation sites (N-methyl/N-ethyl adjacent to an activating group) is 1. The van der Waals surface area contributed by atoms with Gasteiger partial charge in [-0.05, 0) is 59.3 Å². The molecule has 184 valence electrons. The van der Waals surface area contributed by atoms with Crippen molar-refractivity contribution in [2.24, 2.45) is 4.99 Å². The van der Waals surface area contributed by atoms with Crippen LogP contribution in [0.1, 0.15) is 59.3 Å². The molecule has 3 aliphatic rings. The maximum Gasteiger partial charge on any atom is 0.410 e. The first-order chi connectivity index (χ1) is 14.6. The quantitative estimate of drug-likeness (QED) is 0.302. The van der Waals surface area contributed by atoms with Gasteiger partial charge in [-0.1, -0.05) is 0 Å². The molecule has 0 radical (unpaired) electrons. The number of rotatable bonds is 5. The van der Waals surface area contributed by atoms with E-state index in [0.717, 1.165) is 45.1 Å². The molecule has 0 aromatic rings. The van der Waals surface area contributed by atoms with E-state index in [1.807, 2.05) is 25.7 Å². The van der Waals surface area contributed by atoms with Crippen molar-refractivity contribution in [1.29, 1.82) is 0 Å². The van der Waals surface area contributed by atoms with Crippen LogP contribution in [0.15, 0.2) is 4.99 Å². The average Bonchev–Trinajstić information content (AvgIpc) is 3.28. The number of hydrogen-bond donors (Lipinski definition) is 2. The smallest absolute Gasteiger partial charge is 0.410 e. The Hall–Kier alpha value is -1.30. The van der Waals surface area contributed by atoms with Crippen LogP contribution < -0.4 is 10.6 Å². The number of amides is 2. The Kier molecular flexibility index (Phi) is 9.86. The van der Waals surface area contributed by atoms with Gasteiger partial charge >= 0.3 is 6.09 Å². The summed E-state index contributed by atoms with van der Waals surface area (Å²) in [5.41, 5.74) is -0.489. The van der Waals surface area contributed by atoms with Crippen LogP contribution in [-0.2, 0) is 14.3 Å². The van der Waals surface area contributed by atoms with E-state index in [-0.39, 0.29) is 66.8 Å². The second-order valence-electron chi connectivity index (χ2n) is 10.1. The molecule has 3 unspecified atom stereocenters. The Morgan fingerprint density at radius 1 is 1.16 bits per heavy atom. The van der Waals surface area contributed by atoms with Crippen molar-refractivity contribution < 1.29 is 19.1 Å². The lowest BCUT2D eigenvalue weighted by molar-refractivity contribution is -0.127. The molecule has 2 amide bonds. The SMILES string of the molecule is CN(C)C(=O)CN=C(NCC1CCCO1)NC1CC2CCC(C1)N2C(=O)OC(C)(C)C.I. The molecule has 3 fully saturated rings. The molecule has 3 heterocycles. The maximum atomic E-state index is 12.7. The summed E-state index contributed by atoms with van der Waals surface area (Å²) >= 11 is 0. The van der Waals surface area contributed by atoms with Gasteiger partial charge in [0, 0.05) is 45.4 Å². The van der Waals surface area contributed by atoms with Gasteiger partial charge in [-0.2, -0.15) is 0 Å². The molecule has 2 N–H and O–H groups in total. The van der Waals surface area contributed by atoms with E-state index in [1.54, 1.807) is 19.0 Å². The fraction of sp³-hybridized carbons (Fsp3) is 0.864. The lowest BCUT2D eigenvalue weighted by Gasteiger charge is -2.40. The normalized spacial score (nSPS) is 27.5. The summed E-state index contributed by atoms with van der Waals surface area (Å²) in [6.07, 6.45) is 5.78. The standard InChI is InChI=1S/C22H39N5O4.HI/c1-22(2,3)31-21(29)27-16-8-9-17(27)12-15(11-16)25-20(24-14-19(28)26(4)5)23-13-18-7-6-10-30-18;/h15-18H,6-14H2,1-5H3,(H2,23,24,25);1H. The summed E-state index contributed by atoms with van der Waals surface area (Å²) in [4.78, 5) is 32.7. The van der Waals surface area contributed by atoms with Gasteiger partial charge in [0.05, 0.1) is 6.10 Å². The van der Waals surface area contributed by atoms with Crippen molar-refractivity contribution in [2.75, 3.05) is 33.8 Å². The van der Waals surface area contributed by atoms with Crippen LogP contribution in [0.2, 0.25) is 0 Å². The summed E-state index contributed by atoms with van der Waals surface area (Å²) in [5, 5.41) is 6.87. The third kappa shape index (κ3) is 7.64. The predicted molar refractivity (Wildman–Crippen MR) is 134 cm³/mol. The minimum atomic E-state index is -0.489. The average molecular weight is 565 g/mol. The number of halogens is 1. The molecule has 3 rings (SSSR count). The van der Waals surface area contributed by atoms with Crippen molar-refractivity contribution in [2.45, 2.75) is 89.1 Å². The Morgan fingerprint density at radius 2 is 1.81 bits per heavy atom. The van der Waals surface area contributed by atoms with E-state index in [9.17, 15) is 9.59 Å². The number of nitrogens with one attached hydrogen (secondary N) is 2. The molecule has 0 aliphatic carbocycles. The molecular weight excluding hydrogens is 525 g/mol. The lowest BCUT2D eigenvalue weighted by Crippen LogP contribution is -2.55. The number of hydrogen-bond acceptors (Lipinski definition) is 5. The lowest BCUT2D eigenvalue weighted by atomic mass is 9.98. The molecule has 2 bridgehead atoms. The number of ether oxygens (including phenoxy) is 2. The van der Waals surface area contributed by atoms with E-state index in [2.05, 4.69) is 15.6 Å². The molecule has 9 nitrogen and oxygen atoms in total. The molecule has 3 atom stereocenters. The van der Waals surface area contributed by atoms with Gasteiger partial charge in [0.15, 0.2) is 5.96 Å². The first-order valence-electron chi connectivity index (χ1n) is 11.5. The van der Waals surface area contributed by atoms with Crippen LogP contribution in [-0.4, -0.2) is 91.4 Å². The van der Waals surface area contributed by atoms with Gasteiger partial charge in [0.1, 0.15) is 12.1 Å². The van der Waals surface area contributed by atoms with Crippen molar-refractivity contribution in [3.63, 3.8) is 0 Å². The molecule has 0 aromatic heterocycles. The highest BCUT2D eigenvalue weighted by molar-refractivity contribution is 14.0. The van der Waals surface area contributed by atoms with E-state index in [1.165, 1.54) is 0 Å². The van der Waals surface area contributed by atoms with Crippen molar-refractivity contribution in [3.05, 3.63) is 0 Å². The highest BCUT2D eigenvalue weighted by Crippen LogP contribution is 2.36. The van der Waals surface area contributed by atoms with E-state index >= 15 is 0 Å². The van der Waals surface area contributed by atoms with Gasteiger partial charge in [-0.3, -0.25) is 4.79 Å². The third-order valence-electron chi connectivity index (χ3n) is 6.07. The number of guanidine groups is 1. The van der Waals surface area contributed by atoms with Gasteiger partial charge in [0.2, 0.25) is 5.91 Å². The summed E-state index contributed by atoms with van der Waals surface area (Å²) in [5.74, 6) is 0.596. The number of nitrogens with zero attached hydrogens (tertiary/aromatic N) is 3. The van der Waals surface area contributed by atoms with E-state index < -0.39 is 5.60 Å². The van der Waals surface area contributed by atoms with Crippen LogP contribution in [0.25, 0.3) is 0 Å². The van der Waals surface area contributed by atoms with Crippen LogP contribution in [0.5, 0.6) is 0 Å². The predicted octanol–water partition coefficient (Wildman–Crippen LogP) is 2.34. The summed E-state index contributed by atoms with van der Waals surface area (Å²) in [6, 6.07) is 0.546. The highest BCUT2D eigenvalue weighted by Gasteiger charge is 2.45. The Morgan fingerprint density at radius 3 is 2.34 bits per heavy atom. The van der Waals surface area contributed by atoms with Gasteiger partial charge in [-0.15, -0.1) is 24.0 Å². The number of aliphatic imine (C=N–C) groups is 1. The fourth-order valence-electron chi connectivity index (χ4n) is 4.56. The molecule has 0 saturated carbocycles.